The van der Waals surface area contributed by atoms with Gasteiger partial charge in [0.25, 0.3) is 5.91 Å². The molecule has 216 valence electrons. The highest BCUT2D eigenvalue weighted by molar-refractivity contribution is 5.90. The van der Waals surface area contributed by atoms with Crippen LogP contribution in [0.3, 0.4) is 0 Å². The highest BCUT2D eigenvalue weighted by Crippen LogP contribution is 2.24. The Kier molecular flexibility index (Phi) is 11.4. The maximum absolute atomic E-state index is 13.2. The van der Waals surface area contributed by atoms with Crippen LogP contribution in [0.1, 0.15) is 70.7 Å². The average Bonchev–Trinajstić information content (AvgIpc) is 2.95. The van der Waals surface area contributed by atoms with Crippen molar-refractivity contribution in [2.24, 2.45) is 5.92 Å². The number of unbranched alkanes of at least 4 members (excludes halogenated alkanes) is 1. The van der Waals surface area contributed by atoms with Crippen LogP contribution in [0.15, 0.2) is 49.7 Å². The van der Waals surface area contributed by atoms with Crippen molar-refractivity contribution in [1.29, 1.82) is 0 Å². The van der Waals surface area contributed by atoms with Gasteiger partial charge in [-0.1, -0.05) is 38.6 Å². The first-order valence-corrected chi connectivity index (χ1v) is 14.1. The van der Waals surface area contributed by atoms with Crippen LogP contribution in [0.4, 0.5) is 0 Å². The minimum Gasteiger partial charge on any atom is -0.457 e. The van der Waals surface area contributed by atoms with Gasteiger partial charge in [0.2, 0.25) is 5.91 Å². The third-order valence-corrected chi connectivity index (χ3v) is 7.10. The molecule has 1 aromatic heterocycles. The number of nitrogens with one attached hydrogen (secondary N) is 3. The number of rotatable bonds is 13. The number of hydrogen-bond acceptors (Lipinski definition) is 7. The highest BCUT2D eigenvalue weighted by Gasteiger charge is 2.33. The van der Waals surface area contributed by atoms with E-state index in [9.17, 15) is 14.4 Å². The molecule has 9 nitrogen and oxygen atoms in total. The summed E-state index contributed by atoms with van der Waals surface area (Å²) < 4.78 is 5.79. The second-order valence-corrected chi connectivity index (χ2v) is 10.6. The first-order valence-electron chi connectivity index (χ1n) is 14.1. The zero-order chi connectivity index (χ0) is 29.2. The van der Waals surface area contributed by atoms with E-state index in [1.807, 2.05) is 51.1 Å². The molecular weight excluding hydrogens is 506 g/mol. The number of amides is 2. The molecule has 1 unspecified atom stereocenters. The molecule has 2 aromatic rings. The van der Waals surface area contributed by atoms with Crippen LogP contribution in [0.2, 0.25) is 0 Å². The SMILES string of the molecule is C=CCCCNC(C(=O)N[C@@H](C)C(=O)N1CCC[C@@H](C(=O)O[C@H](C)c2ccc3cnc(C=C)cc3c2)N1)C(C)C. The summed E-state index contributed by atoms with van der Waals surface area (Å²) in [6.45, 7) is 16.0. The van der Waals surface area contributed by atoms with Gasteiger partial charge < -0.3 is 15.4 Å². The normalized spacial score (nSPS) is 17.6. The van der Waals surface area contributed by atoms with Gasteiger partial charge in [0.1, 0.15) is 18.2 Å². The molecule has 1 aromatic carbocycles. The zero-order valence-corrected chi connectivity index (χ0v) is 24.1. The molecule has 0 aliphatic carbocycles. The number of allylic oxidation sites excluding steroid dienone is 1. The standard InChI is InChI=1S/C31H43N5O4/c1-7-9-10-15-32-28(20(3)4)29(37)34-21(5)30(38)36-16-11-12-27(35-36)31(39)40-22(6)23-13-14-24-19-33-26(8-2)18-25(24)17-23/h7-8,13-14,17-22,27-28,32,35H,1-2,9-12,15-16H2,3-6H3,(H,34,37)/t21-,22+,27-,28?/m0/s1. The molecule has 2 amide bonds. The zero-order valence-electron chi connectivity index (χ0n) is 24.1. The molecule has 40 heavy (non-hydrogen) atoms. The minimum atomic E-state index is -0.752. The molecule has 0 radical (unpaired) electrons. The Morgan fingerprint density at radius 2 is 1.95 bits per heavy atom. The first-order chi connectivity index (χ1) is 19.1. The van der Waals surface area contributed by atoms with Crippen molar-refractivity contribution in [1.82, 2.24) is 26.1 Å². The number of hydrogen-bond donors (Lipinski definition) is 3. The Hall–Kier alpha value is -3.56. The number of pyridine rings is 1. The van der Waals surface area contributed by atoms with Gasteiger partial charge in [-0.3, -0.25) is 24.4 Å². The van der Waals surface area contributed by atoms with Crippen molar-refractivity contribution >= 4 is 34.6 Å². The number of ether oxygens (including phenoxy) is 1. The second kappa shape index (κ2) is 14.7. The largest absolute Gasteiger partial charge is 0.457 e. The van der Waals surface area contributed by atoms with Crippen LogP contribution in [0.5, 0.6) is 0 Å². The Morgan fingerprint density at radius 3 is 2.65 bits per heavy atom. The van der Waals surface area contributed by atoms with Crippen LogP contribution in [-0.2, 0) is 19.1 Å². The molecule has 1 aliphatic rings. The molecule has 3 rings (SSSR count). The minimum absolute atomic E-state index is 0.0589. The van der Waals surface area contributed by atoms with E-state index in [1.165, 1.54) is 5.01 Å². The van der Waals surface area contributed by atoms with Crippen molar-refractivity contribution in [2.45, 2.75) is 77.6 Å². The quantitative estimate of drug-likeness (QED) is 0.196. The molecule has 1 saturated heterocycles. The number of hydrazine groups is 1. The van der Waals surface area contributed by atoms with E-state index in [-0.39, 0.29) is 17.7 Å². The van der Waals surface area contributed by atoms with E-state index in [1.54, 1.807) is 19.2 Å². The lowest BCUT2D eigenvalue weighted by Crippen LogP contribution is -2.60. The first kappa shape index (κ1) is 31.0. The summed E-state index contributed by atoms with van der Waals surface area (Å²) in [5.74, 6) is -0.882. The fourth-order valence-corrected chi connectivity index (χ4v) is 4.71. The molecule has 9 heteroatoms. The van der Waals surface area contributed by atoms with Gasteiger partial charge in [-0.15, -0.1) is 6.58 Å². The third-order valence-electron chi connectivity index (χ3n) is 7.10. The van der Waals surface area contributed by atoms with E-state index >= 15 is 0 Å². The number of nitrogens with zero attached hydrogens (tertiary/aromatic N) is 2. The molecule has 0 spiro atoms. The van der Waals surface area contributed by atoms with E-state index in [2.05, 4.69) is 34.2 Å². The van der Waals surface area contributed by atoms with Gasteiger partial charge in [-0.25, -0.2) is 5.43 Å². The predicted molar refractivity (Wildman–Crippen MR) is 158 cm³/mol. The van der Waals surface area contributed by atoms with Crippen LogP contribution < -0.4 is 16.1 Å². The van der Waals surface area contributed by atoms with Crippen LogP contribution in [0.25, 0.3) is 16.8 Å². The number of fused-ring (bicyclic) bond motifs is 1. The summed E-state index contributed by atoms with van der Waals surface area (Å²) in [5, 5.41) is 9.51. The number of esters is 1. The van der Waals surface area contributed by atoms with Crippen molar-refractivity contribution in [2.75, 3.05) is 13.1 Å². The molecule has 3 N–H and O–H groups in total. The molecular formula is C31H43N5O4. The Morgan fingerprint density at radius 1 is 1.18 bits per heavy atom. The monoisotopic (exact) mass is 549 g/mol. The van der Waals surface area contributed by atoms with E-state index in [0.717, 1.165) is 34.9 Å². The Labute approximate surface area is 237 Å². The molecule has 0 saturated carbocycles. The molecule has 1 aliphatic heterocycles. The summed E-state index contributed by atoms with van der Waals surface area (Å²) in [4.78, 5) is 43.5. The molecule has 4 atom stereocenters. The summed E-state index contributed by atoms with van der Waals surface area (Å²) in [6.07, 6.45) is 7.79. The fourth-order valence-electron chi connectivity index (χ4n) is 4.71. The van der Waals surface area contributed by atoms with Crippen molar-refractivity contribution in [3.8, 4) is 0 Å². The van der Waals surface area contributed by atoms with Gasteiger partial charge in [-0.05, 0) is 81.2 Å². The van der Waals surface area contributed by atoms with Gasteiger partial charge in [0.05, 0.1) is 11.7 Å². The molecule has 2 heterocycles. The van der Waals surface area contributed by atoms with Crippen molar-refractivity contribution in [3.63, 3.8) is 0 Å². The van der Waals surface area contributed by atoms with Crippen LogP contribution in [-0.4, -0.2) is 59.0 Å². The van der Waals surface area contributed by atoms with E-state index in [0.29, 0.717) is 25.9 Å². The highest BCUT2D eigenvalue weighted by atomic mass is 16.5. The van der Waals surface area contributed by atoms with Gasteiger partial charge >= 0.3 is 5.97 Å². The summed E-state index contributed by atoms with van der Waals surface area (Å²) in [6, 6.07) is 5.97. The van der Waals surface area contributed by atoms with E-state index < -0.39 is 30.2 Å². The summed E-state index contributed by atoms with van der Waals surface area (Å²) in [5.41, 5.74) is 4.66. The smallest absolute Gasteiger partial charge is 0.325 e. The fraction of sp³-hybridized carbons (Fsp3) is 0.484. The second-order valence-electron chi connectivity index (χ2n) is 10.6. The third kappa shape index (κ3) is 8.22. The van der Waals surface area contributed by atoms with Gasteiger partial charge in [0.15, 0.2) is 0 Å². The average molecular weight is 550 g/mol. The lowest BCUT2D eigenvalue weighted by molar-refractivity contribution is -0.157. The number of benzene rings is 1. The maximum atomic E-state index is 13.2. The lowest BCUT2D eigenvalue weighted by atomic mass is 10.0. The van der Waals surface area contributed by atoms with Crippen LogP contribution in [0, 0.1) is 5.92 Å². The maximum Gasteiger partial charge on any atom is 0.325 e. The van der Waals surface area contributed by atoms with Crippen LogP contribution >= 0.6 is 0 Å². The Bertz CT molecular complexity index is 1210. The summed E-state index contributed by atoms with van der Waals surface area (Å²) in [7, 11) is 0. The lowest BCUT2D eigenvalue weighted by Gasteiger charge is -2.35. The van der Waals surface area contributed by atoms with Gasteiger partial charge in [-0.2, -0.15) is 0 Å². The van der Waals surface area contributed by atoms with Gasteiger partial charge in [0, 0.05) is 18.1 Å². The summed E-state index contributed by atoms with van der Waals surface area (Å²) >= 11 is 0. The Balaban J connectivity index is 1.56. The molecule has 0 bridgehead atoms. The van der Waals surface area contributed by atoms with E-state index in [4.69, 9.17) is 4.74 Å². The van der Waals surface area contributed by atoms with Crippen molar-refractivity contribution < 1.29 is 19.1 Å². The molecule has 1 fully saturated rings. The number of carbonyl (C=O) groups excluding carboxylic acids is 3. The van der Waals surface area contributed by atoms with Crippen molar-refractivity contribution in [3.05, 3.63) is 61.0 Å². The topological polar surface area (TPSA) is 113 Å². The predicted octanol–water partition coefficient (Wildman–Crippen LogP) is 4.06. The number of carbonyl (C=O) groups is 3. The number of aromatic nitrogens is 1.